The van der Waals surface area contributed by atoms with E-state index in [1.807, 2.05) is 13.8 Å². The second kappa shape index (κ2) is 5.58. The van der Waals surface area contributed by atoms with E-state index in [4.69, 9.17) is 19.4 Å². The monoisotopic (exact) mass is 323 g/mol. The fourth-order valence-corrected chi connectivity index (χ4v) is 3.41. The van der Waals surface area contributed by atoms with Gasteiger partial charge < -0.3 is 24.4 Å². The summed E-state index contributed by atoms with van der Waals surface area (Å²) in [5, 5.41) is 12.1. The van der Waals surface area contributed by atoms with Crippen LogP contribution in [0.4, 0.5) is 0 Å². The fourth-order valence-electron chi connectivity index (χ4n) is 3.41. The highest BCUT2D eigenvalue weighted by Gasteiger charge is 2.49. The summed E-state index contributed by atoms with van der Waals surface area (Å²) in [6.45, 7) is 10.3. The number of nitrogens with zero attached hydrogens (tertiary/aromatic N) is 2. The fraction of sp³-hybridized carbons (Fsp3) is 0.750. The van der Waals surface area contributed by atoms with Gasteiger partial charge in [-0.05, 0) is 41.0 Å². The van der Waals surface area contributed by atoms with E-state index in [9.17, 15) is 0 Å². The van der Waals surface area contributed by atoms with Crippen LogP contribution in [0.1, 0.15) is 58.7 Å². The van der Waals surface area contributed by atoms with Crippen molar-refractivity contribution < 1.29 is 19.4 Å². The van der Waals surface area contributed by atoms with Crippen molar-refractivity contribution in [1.29, 1.82) is 0 Å². The molecule has 0 saturated carbocycles. The molecule has 7 heteroatoms. The van der Waals surface area contributed by atoms with Crippen LogP contribution >= 0.6 is 0 Å². The summed E-state index contributed by atoms with van der Waals surface area (Å²) >= 11 is 0. The molecule has 0 bridgehead atoms. The quantitative estimate of drug-likeness (QED) is 0.507. The van der Waals surface area contributed by atoms with Gasteiger partial charge in [-0.2, -0.15) is 0 Å². The molecule has 3 rings (SSSR count). The molecule has 3 atom stereocenters. The highest BCUT2D eigenvalue weighted by Crippen LogP contribution is 2.47. The lowest BCUT2D eigenvalue weighted by Gasteiger charge is -2.24. The Bertz CT molecular complexity index is 608. The first-order chi connectivity index (χ1) is 10.7. The normalized spacial score (nSPS) is 33.3. The number of oxime groups is 1. The minimum absolute atomic E-state index is 0.0175. The molecule has 2 N–H and O–H groups in total. The van der Waals surface area contributed by atoms with Crippen LogP contribution < -0.4 is 0 Å². The maximum atomic E-state index is 8.89. The Balaban J connectivity index is 1.85. The number of hydrogen-bond acceptors (Lipinski definition) is 6. The van der Waals surface area contributed by atoms with Crippen LogP contribution in [0.5, 0.6) is 0 Å². The molecular weight excluding hydrogens is 298 g/mol. The molecule has 23 heavy (non-hydrogen) atoms. The van der Waals surface area contributed by atoms with E-state index >= 15 is 0 Å². The zero-order valence-corrected chi connectivity index (χ0v) is 14.3. The lowest BCUT2D eigenvalue weighted by atomic mass is 9.88. The maximum absolute atomic E-state index is 8.89. The van der Waals surface area contributed by atoms with Crippen molar-refractivity contribution in [3.63, 3.8) is 0 Å². The molecule has 7 nitrogen and oxygen atoms in total. The first-order valence-corrected chi connectivity index (χ1v) is 7.94. The second-order valence-electron chi connectivity index (χ2n) is 7.41. The van der Waals surface area contributed by atoms with Crippen molar-refractivity contribution in [1.82, 2.24) is 9.97 Å². The van der Waals surface area contributed by atoms with E-state index in [2.05, 4.69) is 29.0 Å². The summed E-state index contributed by atoms with van der Waals surface area (Å²) in [7, 11) is 0. The second-order valence-corrected chi connectivity index (χ2v) is 7.41. The zero-order valence-electron chi connectivity index (χ0n) is 14.3. The number of nitrogens with one attached hydrogen (secondary N) is 1. The number of ether oxygens (including phenoxy) is 3. The Hall–Kier alpha value is -1.44. The first kappa shape index (κ1) is 16.4. The minimum atomic E-state index is -0.554. The summed E-state index contributed by atoms with van der Waals surface area (Å²) < 4.78 is 18.0. The Morgan fingerprint density at radius 1 is 1.35 bits per heavy atom. The summed E-state index contributed by atoms with van der Waals surface area (Å²) in [6.07, 6.45) is 2.45. The van der Waals surface area contributed by atoms with Crippen molar-refractivity contribution in [3.8, 4) is 0 Å². The largest absolute Gasteiger partial charge is 0.411 e. The van der Waals surface area contributed by atoms with Crippen LogP contribution in [0.25, 0.3) is 0 Å². The summed E-state index contributed by atoms with van der Waals surface area (Å²) in [5.41, 5.74) is 1.06. The van der Waals surface area contributed by atoms with E-state index in [0.717, 1.165) is 12.1 Å². The molecule has 3 heterocycles. The zero-order chi connectivity index (χ0) is 16.8. The average molecular weight is 323 g/mol. The van der Waals surface area contributed by atoms with Gasteiger partial charge in [0.25, 0.3) is 0 Å². The van der Waals surface area contributed by atoms with Gasteiger partial charge in [0.05, 0.1) is 30.2 Å². The van der Waals surface area contributed by atoms with Gasteiger partial charge in [0, 0.05) is 5.92 Å². The summed E-state index contributed by atoms with van der Waals surface area (Å²) in [5.74, 6) is 0.159. The molecule has 1 aromatic heterocycles. The van der Waals surface area contributed by atoms with Gasteiger partial charge in [-0.3, -0.25) is 0 Å². The van der Waals surface area contributed by atoms with Crippen LogP contribution in [0.2, 0.25) is 0 Å². The predicted molar refractivity (Wildman–Crippen MR) is 83.5 cm³/mol. The third-order valence-electron chi connectivity index (χ3n) is 4.46. The van der Waals surface area contributed by atoms with Gasteiger partial charge in [-0.15, -0.1) is 0 Å². The number of hydrogen-bond donors (Lipinski definition) is 2. The molecule has 0 spiro atoms. The van der Waals surface area contributed by atoms with Crippen LogP contribution in [-0.2, 0) is 14.2 Å². The van der Waals surface area contributed by atoms with Crippen LogP contribution in [0.15, 0.2) is 11.4 Å². The highest BCUT2D eigenvalue weighted by atomic mass is 16.7. The lowest BCUT2D eigenvalue weighted by molar-refractivity contribution is -0.147. The van der Waals surface area contributed by atoms with Crippen molar-refractivity contribution in [3.05, 3.63) is 17.7 Å². The van der Waals surface area contributed by atoms with E-state index in [0.29, 0.717) is 18.1 Å². The van der Waals surface area contributed by atoms with Gasteiger partial charge in [0.15, 0.2) is 11.6 Å². The van der Waals surface area contributed by atoms with E-state index in [-0.39, 0.29) is 23.7 Å². The molecule has 2 aliphatic heterocycles. The molecule has 0 amide bonds. The van der Waals surface area contributed by atoms with Gasteiger partial charge in [0.1, 0.15) is 11.8 Å². The topological polar surface area (TPSA) is 89.0 Å². The molecule has 0 radical (unpaired) electrons. The van der Waals surface area contributed by atoms with Gasteiger partial charge >= 0.3 is 0 Å². The Morgan fingerprint density at radius 3 is 2.70 bits per heavy atom. The van der Waals surface area contributed by atoms with Gasteiger partial charge in [0.2, 0.25) is 0 Å². The molecule has 2 saturated heterocycles. The van der Waals surface area contributed by atoms with E-state index in [1.165, 1.54) is 0 Å². The molecule has 0 aromatic carbocycles. The summed E-state index contributed by atoms with van der Waals surface area (Å²) in [4.78, 5) is 7.47. The van der Waals surface area contributed by atoms with Crippen LogP contribution in [0, 0.1) is 5.92 Å². The number of H-pyrrole nitrogens is 1. The number of rotatable bonds is 3. The van der Waals surface area contributed by atoms with Crippen molar-refractivity contribution in [2.75, 3.05) is 6.61 Å². The molecule has 0 aliphatic carbocycles. The maximum Gasteiger partial charge on any atom is 0.163 e. The molecule has 1 aromatic rings. The number of aromatic amines is 1. The van der Waals surface area contributed by atoms with E-state index < -0.39 is 5.79 Å². The predicted octanol–water partition coefficient (Wildman–Crippen LogP) is 2.62. The lowest BCUT2D eigenvalue weighted by Crippen LogP contribution is -2.29. The molecule has 2 fully saturated rings. The molecular formula is C16H25N3O4. The van der Waals surface area contributed by atoms with Gasteiger partial charge in [-0.1, -0.05) is 5.16 Å². The molecule has 2 aliphatic rings. The minimum Gasteiger partial charge on any atom is -0.411 e. The standard InChI is InChI=1S/C16H25N3O4/c1-9(19-20)14-17-7-11(18-14)13-10(6-15(2,3)23-13)12-8-21-16(4,5)22-12/h7,10,12-13,20H,6,8H2,1-5H3,(H,17,18)/b19-9+/t10-,12-,13+/m1/s1. The third kappa shape index (κ3) is 3.27. The smallest absolute Gasteiger partial charge is 0.163 e. The average Bonchev–Trinajstić information content (AvgIpc) is 3.14. The number of aromatic nitrogens is 2. The van der Waals surface area contributed by atoms with Crippen LogP contribution in [0.3, 0.4) is 0 Å². The Labute approximate surface area is 136 Å². The first-order valence-electron chi connectivity index (χ1n) is 7.94. The van der Waals surface area contributed by atoms with Crippen molar-refractivity contribution >= 4 is 5.71 Å². The summed E-state index contributed by atoms with van der Waals surface area (Å²) in [6, 6.07) is 0. The molecule has 0 unspecified atom stereocenters. The third-order valence-corrected chi connectivity index (χ3v) is 4.46. The number of imidazole rings is 1. The van der Waals surface area contributed by atoms with E-state index in [1.54, 1.807) is 13.1 Å². The van der Waals surface area contributed by atoms with Crippen molar-refractivity contribution in [2.24, 2.45) is 11.1 Å². The Morgan fingerprint density at radius 2 is 2.09 bits per heavy atom. The SMILES string of the molecule is C/C(=N\O)c1ncc([C@H]2OC(C)(C)C[C@@H]2[C@H]2COC(C)(C)O2)[nH]1. The van der Waals surface area contributed by atoms with Crippen LogP contribution in [-0.4, -0.2) is 45.0 Å². The Kier molecular flexibility index (Phi) is 3.98. The van der Waals surface area contributed by atoms with Crippen molar-refractivity contribution in [2.45, 2.75) is 64.6 Å². The van der Waals surface area contributed by atoms with Gasteiger partial charge in [-0.25, -0.2) is 4.98 Å². The molecule has 128 valence electrons. The highest BCUT2D eigenvalue weighted by molar-refractivity contribution is 5.94.